The summed E-state index contributed by atoms with van der Waals surface area (Å²) in [5, 5.41) is 6.80. The Hall–Kier alpha value is -3.95. The number of aromatic nitrogens is 1. The first-order valence-electron chi connectivity index (χ1n) is 11.9. The summed E-state index contributed by atoms with van der Waals surface area (Å²) >= 11 is 1.29. The third-order valence-electron chi connectivity index (χ3n) is 6.65. The summed E-state index contributed by atoms with van der Waals surface area (Å²) in [5.41, 5.74) is 8.81. The van der Waals surface area contributed by atoms with E-state index in [4.69, 9.17) is 10.5 Å². The number of aryl methyl sites for hydroxylation is 1. The molecule has 8 nitrogen and oxygen atoms in total. The van der Waals surface area contributed by atoms with E-state index in [0.29, 0.717) is 26.8 Å². The van der Waals surface area contributed by atoms with Crippen molar-refractivity contribution in [3.05, 3.63) is 71.2 Å². The standard InChI is InChI=1S/C27H25N5O3S/c1-15-13-19(35-18-5-3-2-4-6-18)9-10-20(15)32-21-11-12-29-26-22(21)23(31-27(32)34)24(36-26)25(33)30-17-8-7-16(28)14-17/h2-6,9-13,16-17H,7-8,14,28H2,1H3,(H,30,33)(H,31,34). The summed E-state index contributed by atoms with van der Waals surface area (Å²) in [6.45, 7) is 1.94. The molecule has 0 spiro atoms. The van der Waals surface area contributed by atoms with Crippen molar-refractivity contribution < 1.29 is 14.3 Å². The number of carbonyl (C=O) groups excluding carboxylic acids is 2. The van der Waals surface area contributed by atoms with Crippen molar-refractivity contribution in [2.24, 2.45) is 5.73 Å². The lowest BCUT2D eigenvalue weighted by Gasteiger charge is -2.29. The number of pyridine rings is 1. The molecular formula is C27H25N5O3S. The van der Waals surface area contributed by atoms with Crippen LogP contribution in [0.25, 0.3) is 10.2 Å². The summed E-state index contributed by atoms with van der Waals surface area (Å²) in [7, 11) is 0. The number of thiophene rings is 1. The van der Waals surface area contributed by atoms with Crippen molar-refractivity contribution in [1.29, 1.82) is 0 Å². The van der Waals surface area contributed by atoms with E-state index in [1.807, 2.05) is 61.5 Å². The fourth-order valence-corrected chi connectivity index (χ4v) is 5.97. The van der Waals surface area contributed by atoms with E-state index in [9.17, 15) is 9.59 Å². The van der Waals surface area contributed by atoms with Crippen LogP contribution in [0.15, 0.2) is 60.8 Å². The average molecular weight is 500 g/mol. The van der Waals surface area contributed by atoms with Crippen molar-refractivity contribution in [2.45, 2.75) is 38.3 Å². The molecule has 2 aliphatic rings. The first kappa shape index (κ1) is 22.5. The van der Waals surface area contributed by atoms with Crippen molar-refractivity contribution in [3.63, 3.8) is 0 Å². The molecule has 6 rings (SSSR count). The quantitative estimate of drug-likeness (QED) is 0.327. The molecule has 3 heterocycles. The molecule has 36 heavy (non-hydrogen) atoms. The fourth-order valence-electron chi connectivity index (χ4n) is 4.95. The number of benzene rings is 2. The second-order valence-corrected chi connectivity index (χ2v) is 10.2. The number of ether oxygens (including phenoxy) is 1. The Morgan fingerprint density at radius 3 is 2.72 bits per heavy atom. The molecule has 2 aromatic heterocycles. The van der Waals surface area contributed by atoms with Crippen LogP contribution in [0.4, 0.5) is 21.9 Å². The Morgan fingerprint density at radius 1 is 1.14 bits per heavy atom. The van der Waals surface area contributed by atoms with Gasteiger partial charge in [0, 0.05) is 18.3 Å². The molecule has 0 bridgehead atoms. The molecule has 1 fully saturated rings. The van der Waals surface area contributed by atoms with Gasteiger partial charge in [0.25, 0.3) is 5.91 Å². The van der Waals surface area contributed by atoms with Crippen LogP contribution in [0.5, 0.6) is 11.5 Å². The maximum Gasteiger partial charge on any atom is 0.331 e. The molecule has 182 valence electrons. The topological polar surface area (TPSA) is 110 Å². The molecule has 0 radical (unpaired) electrons. The average Bonchev–Trinajstić information content (AvgIpc) is 3.44. The minimum absolute atomic E-state index is 0.0485. The van der Waals surface area contributed by atoms with Crippen LogP contribution >= 0.6 is 11.3 Å². The van der Waals surface area contributed by atoms with E-state index in [0.717, 1.165) is 41.6 Å². The van der Waals surface area contributed by atoms with Crippen LogP contribution in [0.1, 0.15) is 34.5 Å². The molecule has 2 aromatic carbocycles. The Labute approximate surface area is 212 Å². The van der Waals surface area contributed by atoms with Gasteiger partial charge in [0.1, 0.15) is 21.2 Å². The lowest BCUT2D eigenvalue weighted by molar-refractivity contribution is 0.0942. The molecule has 3 amide bonds. The van der Waals surface area contributed by atoms with Gasteiger partial charge in [0.15, 0.2) is 0 Å². The maximum absolute atomic E-state index is 13.4. The van der Waals surface area contributed by atoms with Crippen molar-refractivity contribution in [2.75, 3.05) is 10.2 Å². The zero-order chi connectivity index (χ0) is 24.8. The SMILES string of the molecule is Cc1cc(Oc2ccccc2)ccc1N1C(=O)Nc2c(C(=O)NC3CCC(N)C3)sc3nccc1c23. The van der Waals surface area contributed by atoms with Gasteiger partial charge in [0.05, 0.1) is 22.4 Å². The number of nitrogens with two attached hydrogens (primary N) is 1. The fraction of sp³-hybridized carbons (Fsp3) is 0.222. The Balaban J connectivity index is 1.34. The van der Waals surface area contributed by atoms with Crippen molar-refractivity contribution in [3.8, 4) is 11.5 Å². The maximum atomic E-state index is 13.4. The van der Waals surface area contributed by atoms with Crippen LogP contribution in [0, 0.1) is 6.92 Å². The second-order valence-electron chi connectivity index (χ2n) is 9.19. The normalized spacial score (nSPS) is 18.8. The summed E-state index contributed by atoms with van der Waals surface area (Å²) < 4.78 is 5.95. The molecule has 9 heteroatoms. The summed E-state index contributed by atoms with van der Waals surface area (Å²) in [6, 6.07) is 16.8. The number of nitrogens with zero attached hydrogens (tertiary/aromatic N) is 2. The molecule has 1 aliphatic carbocycles. The third-order valence-corrected chi connectivity index (χ3v) is 7.75. The monoisotopic (exact) mass is 499 g/mol. The van der Waals surface area contributed by atoms with Gasteiger partial charge in [-0.15, -0.1) is 11.3 Å². The van der Waals surface area contributed by atoms with Gasteiger partial charge in [-0.2, -0.15) is 0 Å². The van der Waals surface area contributed by atoms with E-state index >= 15 is 0 Å². The molecular weight excluding hydrogens is 474 g/mol. The number of rotatable bonds is 5. The highest BCUT2D eigenvalue weighted by molar-refractivity contribution is 7.21. The van der Waals surface area contributed by atoms with Crippen molar-refractivity contribution >= 4 is 50.6 Å². The second kappa shape index (κ2) is 8.92. The number of amides is 3. The highest BCUT2D eigenvalue weighted by Gasteiger charge is 2.34. The van der Waals surface area contributed by atoms with E-state index in [-0.39, 0.29) is 24.0 Å². The van der Waals surface area contributed by atoms with E-state index < -0.39 is 0 Å². The summed E-state index contributed by atoms with van der Waals surface area (Å²) in [5.74, 6) is 1.22. The number of anilines is 3. The van der Waals surface area contributed by atoms with Gasteiger partial charge >= 0.3 is 6.03 Å². The molecule has 0 saturated heterocycles. The van der Waals surface area contributed by atoms with E-state index in [1.54, 1.807) is 11.1 Å². The van der Waals surface area contributed by atoms with Crippen LogP contribution in [-0.2, 0) is 0 Å². The molecule has 2 atom stereocenters. The van der Waals surface area contributed by atoms with Gasteiger partial charge < -0.3 is 21.1 Å². The lowest BCUT2D eigenvalue weighted by atomic mass is 10.1. The predicted molar refractivity (Wildman–Crippen MR) is 142 cm³/mol. The van der Waals surface area contributed by atoms with E-state index in [2.05, 4.69) is 15.6 Å². The zero-order valence-corrected chi connectivity index (χ0v) is 20.5. The highest BCUT2D eigenvalue weighted by atomic mass is 32.1. The molecule has 1 saturated carbocycles. The number of para-hydroxylation sites is 1. The number of nitrogens with one attached hydrogen (secondary N) is 2. The first-order valence-corrected chi connectivity index (χ1v) is 12.7. The minimum atomic E-state index is -0.329. The zero-order valence-electron chi connectivity index (χ0n) is 19.7. The number of urea groups is 1. The third kappa shape index (κ3) is 3.96. The Morgan fingerprint density at radius 2 is 1.97 bits per heavy atom. The summed E-state index contributed by atoms with van der Waals surface area (Å²) in [6.07, 6.45) is 4.19. The minimum Gasteiger partial charge on any atom is -0.457 e. The van der Waals surface area contributed by atoms with Gasteiger partial charge in [-0.25, -0.2) is 9.78 Å². The number of hydrogen-bond acceptors (Lipinski definition) is 6. The first-order chi connectivity index (χ1) is 17.5. The van der Waals surface area contributed by atoms with Crippen LogP contribution in [-0.4, -0.2) is 29.0 Å². The smallest absolute Gasteiger partial charge is 0.331 e. The van der Waals surface area contributed by atoms with Crippen LogP contribution in [0.2, 0.25) is 0 Å². The molecule has 4 aromatic rings. The Bertz CT molecular complexity index is 1490. The summed E-state index contributed by atoms with van der Waals surface area (Å²) in [4.78, 5) is 33.8. The predicted octanol–water partition coefficient (Wildman–Crippen LogP) is 5.69. The van der Waals surface area contributed by atoms with Gasteiger partial charge in [-0.3, -0.25) is 9.69 Å². The van der Waals surface area contributed by atoms with Crippen molar-refractivity contribution in [1.82, 2.24) is 10.3 Å². The largest absolute Gasteiger partial charge is 0.457 e. The highest BCUT2D eigenvalue weighted by Crippen LogP contribution is 2.46. The van der Waals surface area contributed by atoms with Crippen LogP contribution in [0.3, 0.4) is 0 Å². The lowest BCUT2D eigenvalue weighted by Crippen LogP contribution is -2.36. The van der Waals surface area contributed by atoms with Gasteiger partial charge in [-0.1, -0.05) is 18.2 Å². The molecule has 4 N–H and O–H groups in total. The number of carbonyl (C=O) groups is 2. The van der Waals surface area contributed by atoms with E-state index in [1.165, 1.54) is 11.3 Å². The van der Waals surface area contributed by atoms with Gasteiger partial charge in [-0.05, 0) is 68.1 Å². The van der Waals surface area contributed by atoms with Gasteiger partial charge in [0.2, 0.25) is 0 Å². The van der Waals surface area contributed by atoms with Crippen LogP contribution < -0.4 is 26.0 Å². The Kier molecular flexibility index (Phi) is 5.58. The number of hydrogen-bond donors (Lipinski definition) is 3. The molecule has 1 aliphatic heterocycles. The molecule has 2 unspecified atom stereocenters.